The van der Waals surface area contributed by atoms with E-state index in [1.54, 1.807) is 12.1 Å². The molecule has 2 atom stereocenters. The smallest absolute Gasteiger partial charge is 0.278 e. The first-order chi connectivity index (χ1) is 20.1. The van der Waals surface area contributed by atoms with Crippen molar-refractivity contribution in [2.75, 3.05) is 26.4 Å². The summed E-state index contributed by atoms with van der Waals surface area (Å²) in [6.07, 6.45) is 0.576. The highest BCUT2D eigenvalue weighted by molar-refractivity contribution is 9.10. The van der Waals surface area contributed by atoms with Crippen LogP contribution in [0.2, 0.25) is 0 Å². The number of ether oxygens (including phenoxy) is 3. The second-order valence-corrected chi connectivity index (χ2v) is 12.2. The maximum Gasteiger partial charge on any atom is 0.278 e. The Morgan fingerprint density at radius 3 is 2.07 bits per heavy atom. The summed E-state index contributed by atoms with van der Waals surface area (Å²) in [6, 6.07) is 29.4. The maximum absolute atomic E-state index is 13.8. The van der Waals surface area contributed by atoms with E-state index in [0.29, 0.717) is 45.0 Å². The van der Waals surface area contributed by atoms with Gasteiger partial charge in [0.25, 0.3) is 5.91 Å². The topological polar surface area (TPSA) is 70.1 Å². The van der Waals surface area contributed by atoms with Gasteiger partial charge in [0, 0.05) is 16.9 Å². The standard InChI is InChI=1S/C32H31BrN2O5S/c33-28-20-41-30(34-28)32-23-39-31(21-37-17-24-10-4-1-5-11-24,22-38-18-25-12-6-2-7-13-25)16-27(32)19-40-35(32)29(36)26-14-8-3-9-15-26/h1-15,20,27H,16-19,21-23H2. The molecule has 0 aliphatic carbocycles. The number of amides is 1. The lowest BCUT2D eigenvalue weighted by Crippen LogP contribution is -2.60. The molecule has 3 heterocycles. The van der Waals surface area contributed by atoms with Crippen LogP contribution in [0.4, 0.5) is 0 Å². The van der Waals surface area contributed by atoms with Gasteiger partial charge in [-0.05, 0) is 45.6 Å². The maximum atomic E-state index is 13.8. The van der Waals surface area contributed by atoms with Gasteiger partial charge in [0.2, 0.25) is 0 Å². The molecule has 0 N–H and O–H groups in total. The first-order valence-corrected chi connectivity index (χ1v) is 15.3. The molecule has 2 saturated heterocycles. The molecule has 1 amide bonds. The lowest BCUT2D eigenvalue weighted by molar-refractivity contribution is -0.219. The van der Waals surface area contributed by atoms with Gasteiger partial charge in [-0.3, -0.25) is 9.63 Å². The van der Waals surface area contributed by atoms with Gasteiger partial charge in [-0.1, -0.05) is 78.9 Å². The zero-order chi connectivity index (χ0) is 28.1. The second kappa shape index (κ2) is 12.5. The van der Waals surface area contributed by atoms with Gasteiger partial charge in [-0.25, -0.2) is 10.0 Å². The number of carbonyl (C=O) groups excluding carboxylic acids is 1. The average molecular weight is 636 g/mol. The molecule has 2 aliphatic heterocycles. The van der Waals surface area contributed by atoms with Crippen LogP contribution in [0, 0.1) is 5.92 Å². The second-order valence-electron chi connectivity index (χ2n) is 10.5. The average Bonchev–Trinajstić information content (AvgIpc) is 3.62. The van der Waals surface area contributed by atoms with Crippen molar-refractivity contribution < 1.29 is 23.8 Å². The van der Waals surface area contributed by atoms with E-state index in [1.807, 2.05) is 84.2 Å². The number of benzene rings is 3. The summed E-state index contributed by atoms with van der Waals surface area (Å²) >= 11 is 5.00. The highest BCUT2D eigenvalue weighted by atomic mass is 79.9. The molecule has 9 heteroatoms. The van der Waals surface area contributed by atoms with Crippen LogP contribution < -0.4 is 0 Å². The van der Waals surface area contributed by atoms with Crippen LogP contribution in [0.1, 0.15) is 32.9 Å². The minimum atomic E-state index is -0.869. The molecule has 0 saturated carbocycles. The van der Waals surface area contributed by atoms with Crippen LogP contribution in [0.25, 0.3) is 0 Å². The summed E-state index contributed by atoms with van der Waals surface area (Å²) in [4.78, 5) is 24.7. The van der Waals surface area contributed by atoms with Crippen molar-refractivity contribution in [2.24, 2.45) is 5.92 Å². The molecule has 3 aromatic carbocycles. The zero-order valence-electron chi connectivity index (χ0n) is 22.5. The number of halogens is 1. The Labute approximate surface area is 252 Å². The summed E-state index contributed by atoms with van der Waals surface area (Å²) in [7, 11) is 0. The van der Waals surface area contributed by atoms with Crippen LogP contribution in [0.5, 0.6) is 0 Å². The number of hydroxylamine groups is 2. The molecule has 2 fully saturated rings. The number of hydrogen-bond acceptors (Lipinski definition) is 7. The third-order valence-electron chi connectivity index (χ3n) is 7.66. The third kappa shape index (κ3) is 6.02. The van der Waals surface area contributed by atoms with Crippen molar-refractivity contribution in [3.05, 3.63) is 123 Å². The molecule has 4 aromatic rings. The summed E-state index contributed by atoms with van der Waals surface area (Å²) < 4.78 is 20.0. The predicted octanol–water partition coefficient (Wildman–Crippen LogP) is 6.40. The Morgan fingerprint density at radius 2 is 1.51 bits per heavy atom. The highest BCUT2D eigenvalue weighted by Gasteiger charge is 2.62. The Balaban J connectivity index is 1.26. The monoisotopic (exact) mass is 634 g/mol. The minimum Gasteiger partial charge on any atom is -0.374 e. The molecule has 1 aromatic heterocycles. The lowest BCUT2D eigenvalue weighted by Gasteiger charge is -2.48. The van der Waals surface area contributed by atoms with Crippen molar-refractivity contribution in [2.45, 2.75) is 30.8 Å². The number of hydrogen-bond donors (Lipinski definition) is 0. The highest BCUT2D eigenvalue weighted by Crippen LogP contribution is 2.51. The van der Waals surface area contributed by atoms with Crippen LogP contribution in [0.15, 0.2) is 101 Å². The van der Waals surface area contributed by atoms with E-state index in [9.17, 15) is 4.79 Å². The first-order valence-electron chi connectivity index (χ1n) is 13.6. The molecule has 0 spiro atoms. The predicted molar refractivity (Wildman–Crippen MR) is 159 cm³/mol. The molecular weight excluding hydrogens is 604 g/mol. The van der Waals surface area contributed by atoms with Crippen molar-refractivity contribution in [1.82, 2.24) is 10.0 Å². The Kier molecular flexibility index (Phi) is 8.62. The Hall–Kier alpha value is -2.92. The summed E-state index contributed by atoms with van der Waals surface area (Å²) in [6.45, 7) is 2.19. The first kappa shape index (κ1) is 28.2. The fourth-order valence-electron chi connectivity index (χ4n) is 5.57. The van der Waals surface area contributed by atoms with Crippen molar-refractivity contribution in [1.29, 1.82) is 0 Å². The summed E-state index contributed by atoms with van der Waals surface area (Å²) in [5.74, 6) is -0.293. The van der Waals surface area contributed by atoms with Gasteiger partial charge >= 0.3 is 0 Å². The fourth-order valence-corrected chi connectivity index (χ4v) is 7.07. The number of thiazole rings is 1. The minimum absolute atomic E-state index is 0.0809. The molecule has 2 aliphatic rings. The van der Waals surface area contributed by atoms with Crippen LogP contribution >= 0.6 is 27.3 Å². The molecule has 2 unspecified atom stereocenters. The summed E-state index contributed by atoms with van der Waals surface area (Å²) in [5, 5.41) is 4.20. The number of aromatic nitrogens is 1. The van der Waals surface area contributed by atoms with Gasteiger partial charge in [0.05, 0.1) is 39.6 Å². The number of rotatable bonds is 10. The largest absolute Gasteiger partial charge is 0.374 e. The molecule has 7 nitrogen and oxygen atoms in total. The Bertz CT molecular complexity index is 1390. The SMILES string of the molecule is O=C(c1ccccc1)N1OCC2CC(COCc3ccccc3)(COCc3ccccc3)OCC21c1nc(Br)cs1. The molecule has 212 valence electrons. The number of carbonyl (C=O) groups is 1. The van der Waals surface area contributed by atoms with Crippen LogP contribution in [-0.4, -0.2) is 48.0 Å². The van der Waals surface area contributed by atoms with Gasteiger partial charge in [-0.15, -0.1) is 11.3 Å². The van der Waals surface area contributed by atoms with Crippen LogP contribution in [0.3, 0.4) is 0 Å². The number of fused-ring (bicyclic) bond motifs is 1. The van der Waals surface area contributed by atoms with Gasteiger partial charge in [0.15, 0.2) is 5.54 Å². The van der Waals surface area contributed by atoms with E-state index in [1.165, 1.54) is 16.4 Å². The van der Waals surface area contributed by atoms with E-state index in [-0.39, 0.29) is 18.4 Å². The van der Waals surface area contributed by atoms with Crippen molar-refractivity contribution in [3.63, 3.8) is 0 Å². The normalized spacial score (nSPS) is 21.5. The third-order valence-corrected chi connectivity index (χ3v) is 9.38. The summed E-state index contributed by atoms with van der Waals surface area (Å²) in [5.41, 5.74) is 1.15. The fraction of sp³-hybridized carbons (Fsp3) is 0.312. The van der Waals surface area contributed by atoms with Gasteiger partial charge in [0.1, 0.15) is 15.2 Å². The van der Waals surface area contributed by atoms with Crippen molar-refractivity contribution in [3.8, 4) is 0 Å². The van der Waals surface area contributed by atoms with Crippen LogP contribution in [-0.2, 0) is 37.8 Å². The molecule has 0 bridgehead atoms. The molecule has 0 radical (unpaired) electrons. The molecule has 41 heavy (non-hydrogen) atoms. The van der Waals surface area contributed by atoms with E-state index < -0.39 is 11.1 Å². The quantitative estimate of drug-likeness (QED) is 0.201. The number of nitrogens with zero attached hydrogens (tertiary/aromatic N) is 2. The zero-order valence-corrected chi connectivity index (χ0v) is 24.9. The molecular formula is C32H31BrN2O5S. The lowest BCUT2D eigenvalue weighted by atomic mass is 9.75. The van der Waals surface area contributed by atoms with E-state index in [0.717, 1.165) is 20.7 Å². The van der Waals surface area contributed by atoms with E-state index in [2.05, 4.69) is 15.9 Å². The molecule has 6 rings (SSSR count). The van der Waals surface area contributed by atoms with E-state index >= 15 is 0 Å². The Morgan fingerprint density at radius 1 is 0.927 bits per heavy atom. The van der Waals surface area contributed by atoms with E-state index in [4.69, 9.17) is 24.0 Å². The van der Waals surface area contributed by atoms with Gasteiger partial charge < -0.3 is 14.2 Å². The van der Waals surface area contributed by atoms with Crippen molar-refractivity contribution >= 4 is 33.2 Å². The van der Waals surface area contributed by atoms with Gasteiger partial charge in [-0.2, -0.15) is 0 Å².